The summed E-state index contributed by atoms with van der Waals surface area (Å²) in [5.74, 6) is 0.790. The smallest absolute Gasteiger partial charge is 0.153 e. The molecular weight excluding hydrogens is 512 g/mol. The summed E-state index contributed by atoms with van der Waals surface area (Å²) >= 11 is 0. The molecule has 0 unspecified atom stereocenters. The number of aryl methyl sites for hydroxylation is 1. The molecule has 1 rings (SSSR count). The average molecular weight is 585 g/mol. The van der Waals surface area contributed by atoms with E-state index in [1.165, 1.54) is 185 Å². The Morgan fingerprint density at radius 3 is 1.21 bits per heavy atom. The summed E-state index contributed by atoms with van der Waals surface area (Å²) in [5, 5.41) is 0. The van der Waals surface area contributed by atoms with Gasteiger partial charge in [-0.1, -0.05) is 193 Å². The van der Waals surface area contributed by atoms with Gasteiger partial charge < -0.3 is 4.74 Å². The molecule has 244 valence electrons. The molecule has 0 saturated heterocycles. The van der Waals surface area contributed by atoms with Gasteiger partial charge in [0.25, 0.3) is 0 Å². The van der Waals surface area contributed by atoms with E-state index in [4.69, 9.17) is 4.74 Å². The molecule has 42 heavy (non-hydrogen) atoms. The topological polar surface area (TPSA) is 26.3 Å². The molecule has 0 fully saturated rings. The van der Waals surface area contributed by atoms with Crippen molar-refractivity contribution in [3.05, 3.63) is 29.3 Å². The lowest BCUT2D eigenvalue weighted by molar-refractivity contribution is 0.111. The van der Waals surface area contributed by atoms with Crippen molar-refractivity contribution in [2.45, 2.75) is 206 Å². The van der Waals surface area contributed by atoms with Crippen LogP contribution in [-0.2, 0) is 6.42 Å². The molecule has 0 N–H and O–H groups in total. The summed E-state index contributed by atoms with van der Waals surface area (Å²) in [6, 6.07) is 6.19. The molecule has 0 amide bonds. The van der Waals surface area contributed by atoms with E-state index in [9.17, 15) is 4.79 Å². The van der Waals surface area contributed by atoms with Crippen LogP contribution in [0.4, 0.5) is 0 Å². The molecule has 0 bridgehead atoms. The Balaban J connectivity index is 1.98. The minimum Gasteiger partial charge on any atom is -0.493 e. The van der Waals surface area contributed by atoms with Gasteiger partial charge in [0.15, 0.2) is 6.29 Å². The van der Waals surface area contributed by atoms with Gasteiger partial charge >= 0.3 is 0 Å². The summed E-state index contributed by atoms with van der Waals surface area (Å²) in [7, 11) is 0. The van der Waals surface area contributed by atoms with Crippen molar-refractivity contribution in [2.24, 2.45) is 0 Å². The minimum atomic E-state index is 0.695. The van der Waals surface area contributed by atoms with Crippen LogP contribution in [0.3, 0.4) is 0 Å². The van der Waals surface area contributed by atoms with E-state index in [1.807, 2.05) is 6.07 Å². The Labute approximate surface area is 263 Å². The third kappa shape index (κ3) is 24.2. The van der Waals surface area contributed by atoms with Gasteiger partial charge in [-0.25, -0.2) is 0 Å². The number of carbonyl (C=O) groups excluding carboxylic acids is 1. The molecule has 0 aliphatic heterocycles. The van der Waals surface area contributed by atoms with Crippen molar-refractivity contribution < 1.29 is 9.53 Å². The Bertz CT molecular complexity index is 697. The van der Waals surface area contributed by atoms with Gasteiger partial charge in [-0.2, -0.15) is 0 Å². The third-order valence-electron chi connectivity index (χ3n) is 9.03. The minimum absolute atomic E-state index is 0.695. The first-order valence-corrected chi connectivity index (χ1v) is 19.0. The largest absolute Gasteiger partial charge is 0.493 e. The predicted molar refractivity (Wildman–Crippen MR) is 186 cm³/mol. The van der Waals surface area contributed by atoms with Gasteiger partial charge in [-0.15, -0.1) is 0 Å². The van der Waals surface area contributed by atoms with Crippen LogP contribution in [0.5, 0.6) is 5.75 Å². The molecule has 0 aromatic heterocycles. The van der Waals surface area contributed by atoms with Gasteiger partial charge in [0.1, 0.15) is 5.75 Å². The van der Waals surface area contributed by atoms with Crippen LogP contribution >= 0.6 is 0 Å². The average Bonchev–Trinajstić information content (AvgIpc) is 3.01. The standard InChI is InChI=1S/C40H72O2/c1-3-5-7-9-11-13-15-17-18-19-21-23-25-27-29-31-35-42-40-36-38(33-34-39(40)37-41)32-30-28-26-24-22-20-16-14-12-10-8-6-4-2/h33-34,36-37H,3-32,35H2,1-2H3. The highest BCUT2D eigenvalue weighted by Crippen LogP contribution is 2.22. The molecule has 2 heteroatoms. The molecule has 0 saturated carbocycles. The molecule has 0 aliphatic carbocycles. The summed E-state index contributed by atoms with van der Waals surface area (Å²) in [5.41, 5.74) is 2.01. The number of benzene rings is 1. The fraction of sp³-hybridized carbons (Fsp3) is 0.825. The van der Waals surface area contributed by atoms with Gasteiger partial charge in [0.05, 0.1) is 12.2 Å². The first-order chi connectivity index (χ1) is 20.8. The first kappa shape index (κ1) is 38.7. The highest BCUT2D eigenvalue weighted by Gasteiger charge is 2.05. The zero-order valence-corrected chi connectivity index (χ0v) is 28.5. The number of hydrogen-bond acceptors (Lipinski definition) is 2. The van der Waals surface area contributed by atoms with Crippen LogP contribution in [0, 0.1) is 0 Å². The van der Waals surface area contributed by atoms with Crippen molar-refractivity contribution >= 4 is 6.29 Å². The normalized spacial score (nSPS) is 11.3. The van der Waals surface area contributed by atoms with Gasteiger partial charge in [0.2, 0.25) is 0 Å². The lowest BCUT2D eigenvalue weighted by Crippen LogP contribution is -2.01. The lowest BCUT2D eigenvalue weighted by atomic mass is 10.0. The van der Waals surface area contributed by atoms with E-state index in [1.54, 1.807) is 0 Å². The SMILES string of the molecule is CCCCCCCCCCCCCCCCCCOc1cc(CCCCCCCCCCCCCCC)ccc1C=O. The Morgan fingerprint density at radius 1 is 0.476 bits per heavy atom. The van der Waals surface area contributed by atoms with Crippen LogP contribution < -0.4 is 4.74 Å². The summed E-state index contributed by atoms with van der Waals surface area (Å²) in [4.78, 5) is 11.5. The quantitative estimate of drug-likeness (QED) is 0.0606. The van der Waals surface area contributed by atoms with Crippen molar-refractivity contribution in [3.63, 3.8) is 0 Å². The van der Waals surface area contributed by atoms with Crippen LogP contribution in [0.1, 0.15) is 216 Å². The van der Waals surface area contributed by atoms with Gasteiger partial charge in [-0.3, -0.25) is 4.79 Å². The molecular formula is C40H72O2. The zero-order chi connectivity index (χ0) is 30.2. The van der Waals surface area contributed by atoms with Gasteiger partial charge in [0, 0.05) is 0 Å². The number of carbonyl (C=O) groups is 1. The van der Waals surface area contributed by atoms with E-state index in [2.05, 4.69) is 26.0 Å². The maximum Gasteiger partial charge on any atom is 0.153 e. The van der Waals surface area contributed by atoms with Crippen LogP contribution in [-0.4, -0.2) is 12.9 Å². The molecule has 1 aromatic rings. The fourth-order valence-corrected chi connectivity index (χ4v) is 6.14. The van der Waals surface area contributed by atoms with Crippen molar-refractivity contribution in [1.29, 1.82) is 0 Å². The molecule has 0 radical (unpaired) electrons. The summed E-state index contributed by atoms with van der Waals surface area (Å²) in [6.07, 6.45) is 42.1. The summed E-state index contributed by atoms with van der Waals surface area (Å²) < 4.78 is 6.08. The van der Waals surface area contributed by atoms with Crippen LogP contribution in [0.15, 0.2) is 18.2 Å². The van der Waals surface area contributed by atoms with Gasteiger partial charge in [-0.05, 0) is 37.0 Å². The van der Waals surface area contributed by atoms with E-state index in [-0.39, 0.29) is 0 Å². The monoisotopic (exact) mass is 585 g/mol. The van der Waals surface area contributed by atoms with E-state index in [0.717, 1.165) is 31.5 Å². The number of hydrogen-bond donors (Lipinski definition) is 0. The molecule has 0 spiro atoms. The van der Waals surface area contributed by atoms with Crippen LogP contribution in [0.2, 0.25) is 0 Å². The first-order valence-electron chi connectivity index (χ1n) is 19.0. The van der Waals surface area contributed by atoms with E-state index >= 15 is 0 Å². The number of ether oxygens (including phenoxy) is 1. The Kier molecular flexibility index (Phi) is 28.7. The predicted octanol–water partition coefficient (Wildman–Crippen LogP) is 13.8. The zero-order valence-electron chi connectivity index (χ0n) is 28.5. The molecule has 2 nitrogen and oxygen atoms in total. The summed E-state index contributed by atoms with van der Waals surface area (Å²) in [6.45, 7) is 5.31. The second-order valence-electron chi connectivity index (χ2n) is 13.1. The van der Waals surface area contributed by atoms with Crippen LogP contribution in [0.25, 0.3) is 0 Å². The third-order valence-corrected chi connectivity index (χ3v) is 9.03. The Hall–Kier alpha value is -1.31. The molecule has 0 atom stereocenters. The van der Waals surface area contributed by atoms with Crippen molar-refractivity contribution in [1.82, 2.24) is 0 Å². The van der Waals surface area contributed by atoms with Crippen molar-refractivity contribution in [3.8, 4) is 5.75 Å². The molecule has 0 heterocycles. The molecule has 0 aliphatic rings. The lowest BCUT2D eigenvalue weighted by Gasteiger charge is -2.11. The van der Waals surface area contributed by atoms with E-state index < -0.39 is 0 Å². The second-order valence-corrected chi connectivity index (χ2v) is 13.1. The second kappa shape index (κ2) is 31.1. The maximum absolute atomic E-state index is 11.5. The number of rotatable bonds is 33. The highest BCUT2D eigenvalue weighted by atomic mass is 16.5. The fourth-order valence-electron chi connectivity index (χ4n) is 6.14. The number of aldehydes is 1. The number of unbranched alkanes of at least 4 members (excludes halogenated alkanes) is 27. The van der Waals surface area contributed by atoms with Crippen molar-refractivity contribution in [2.75, 3.05) is 6.61 Å². The Morgan fingerprint density at radius 2 is 0.833 bits per heavy atom. The highest BCUT2D eigenvalue weighted by molar-refractivity contribution is 5.79. The maximum atomic E-state index is 11.5. The van der Waals surface area contributed by atoms with E-state index in [0.29, 0.717) is 5.56 Å². The molecule has 1 aromatic carbocycles.